The molecule has 0 atom stereocenters. The number of hydrogen-bond donors (Lipinski definition) is 1. The highest BCUT2D eigenvalue weighted by molar-refractivity contribution is 5.90. The number of carbonyl (C=O) groups excluding carboxylic acids is 1. The summed E-state index contributed by atoms with van der Waals surface area (Å²) in [5.74, 6) is -0.280. The van der Waals surface area contributed by atoms with E-state index >= 15 is 0 Å². The second-order valence-electron chi connectivity index (χ2n) is 3.13. The van der Waals surface area contributed by atoms with Gasteiger partial charge in [-0.3, -0.25) is 4.68 Å². The molecule has 0 spiro atoms. The van der Waals surface area contributed by atoms with Gasteiger partial charge in [0.15, 0.2) is 0 Å². The van der Waals surface area contributed by atoms with Gasteiger partial charge in [0.1, 0.15) is 5.56 Å². The third-order valence-corrected chi connectivity index (χ3v) is 2.24. The maximum absolute atomic E-state index is 11.5. The third-order valence-electron chi connectivity index (χ3n) is 2.24. The molecule has 0 bridgehead atoms. The summed E-state index contributed by atoms with van der Waals surface area (Å²) in [5.41, 5.74) is 1.51. The van der Waals surface area contributed by atoms with Gasteiger partial charge in [-0.15, -0.1) is 12.4 Å². The van der Waals surface area contributed by atoms with Crippen LogP contribution in [0.1, 0.15) is 23.0 Å². The van der Waals surface area contributed by atoms with Crippen LogP contribution in [0.15, 0.2) is 6.20 Å². The van der Waals surface area contributed by atoms with Crippen LogP contribution in [0, 0.1) is 0 Å². The van der Waals surface area contributed by atoms with Crippen molar-refractivity contribution >= 4 is 18.4 Å². The molecule has 84 valence electrons. The standard InChI is InChI=1S/C9H13N3O2.ClH/c1-2-14-9(13)7-5-11-12-4-3-10-6-8(7)12;/h5,10H,2-4,6H2,1H3;1H. The van der Waals surface area contributed by atoms with Gasteiger partial charge in [0.25, 0.3) is 0 Å². The zero-order chi connectivity index (χ0) is 9.97. The molecule has 0 radical (unpaired) electrons. The number of aromatic nitrogens is 2. The zero-order valence-corrected chi connectivity index (χ0v) is 9.34. The van der Waals surface area contributed by atoms with Crippen molar-refractivity contribution in [2.75, 3.05) is 13.2 Å². The molecule has 1 aromatic heterocycles. The average molecular weight is 232 g/mol. The summed E-state index contributed by atoms with van der Waals surface area (Å²) >= 11 is 0. The molecule has 0 saturated heterocycles. The molecule has 2 heterocycles. The topological polar surface area (TPSA) is 56.1 Å². The molecule has 1 aliphatic rings. The van der Waals surface area contributed by atoms with E-state index in [-0.39, 0.29) is 18.4 Å². The fourth-order valence-corrected chi connectivity index (χ4v) is 1.56. The highest BCUT2D eigenvalue weighted by Gasteiger charge is 2.19. The quantitative estimate of drug-likeness (QED) is 0.757. The minimum absolute atomic E-state index is 0. The molecule has 0 fully saturated rings. The minimum atomic E-state index is -0.280. The van der Waals surface area contributed by atoms with Crippen LogP contribution in [0.25, 0.3) is 0 Å². The van der Waals surface area contributed by atoms with Crippen molar-refractivity contribution in [3.8, 4) is 0 Å². The molecule has 0 unspecified atom stereocenters. The van der Waals surface area contributed by atoms with Crippen molar-refractivity contribution in [1.29, 1.82) is 0 Å². The van der Waals surface area contributed by atoms with Crippen molar-refractivity contribution in [3.63, 3.8) is 0 Å². The van der Waals surface area contributed by atoms with Crippen LogP contribution in [0.2, 0.25) is 0 Å². The lowest BCUT2D eigenvalue weighted by Gasteiger charge is -2.15. The van der Waals surface area contributed by atoms with Crippen LogP contribution >= 0.6 is 12.4 Å². The number of carbonyl (C=O) groups is 1. The molecule has 0 aromatic carbocycles. The van der Waals surface area contributed by atoms with Crippen LogP contribution < -0.4 is 5.32 Å². The largest absolute Gasteiger partial charge is 0.462 e. The number of nitrogens with zero attached hydrogens (tertiary/aromatic N) is 2. The maximum atomic E-state index is 11.5. The van der Waals surface area contributed by atoms with E-state index in [1.807, 2.05) is 4.68 Å². The van der Waals surface area contributed by atoms with Gasteiger partial charge >= 0.3 is 5.97 Å². The monoisotopic (exact) mass is 231 g/mol. The first-order chi connectivity index (χ1) is 6.83. The molecule has 2 rings (SSSR count). The number of halogens is 1. The first-order valence-corrected chi connectivity index (χ1v) is 4.75. The molecule has 0 saturated carbocycles. The molecule has 0 amide bonds. The number of ether oxygens (including phenoxy) is 1. The van der Waals surface area contributed by atoms with Crippen LogP contribution in [0.5, 0.6) is 0 Å². The predicted octanol–water partition coefficient (Wildman–Crippen LogP) is 0.585. The maximum Gasteiger partial charge on any atom is 0.341 e. The Morgan fingerprint density at radius 3 is 3.27 bits per heavy atom. The highest BCUT2D eigenvalue weighted by Crippen LogP contribution is 2.12. The van der Waals surface area contributed by atoms with Gasteiger partial charge in [-0.05, 0) is 6.92 Å². The molecule has 5 nitrogen and oxygen atoms in total. The summed E-state index contributed by atoms with van der Waals surface area (Å²) in [4.78, 5) is 11.5. The normalized spacial score (nSPS) is 13.9. The number of fused-ring (bicyclic) bond motifs is 1. The summed E-state index contributed by atoms with van der Waals surface area (Å²) < 4.78 is 6.78. The Balaban J connectivity index is 0.00000112. The molecule has 1 aliphatic heterocycles. The number of nitrogens with one attached hydrogen (secondary N) is 1. The Kier molecular flexibility index (Phi) is 4.11. The fourth-order valence-electron chi connectivity index (χ4n) is 1.56. The number of hydrogen-bond acceptors (Lipinski definition) is 4. The van der Waals surface area contributed by atoms with E-state index in [1.165, 1.54) is 0 Å². The average Bonchev–Trinajstić information content (AvgIpc) is 2.61. The van der Waals surface area contributed by atoms with Crippen molar-refractivity contribution in [2.24, 2.45) is 0 Å². The van der Waals surface area contributed by atoms with E-state index in [4.69, 9.17) is 4.74 Å². The molecule has 6 heteroatoms. The molecule has 1 N–H and O–H groups in total. The Labute approximate surface area is 94.2 Å². The van der Waals surface area contributed by atoms with Gasteiger partial charge in [0.05, 0.1) is 25.0 Å². The summed E-state index contributed by atoms with van der Waals surface area (Å²) in [6.07, 6.45) is 1.58. The number of esters is 1. The Bertz CT molecular complexity index is 351. The van der Waals surface area contributed by atoms with E-state index in [0.717, 1.165) is 18.8 Å². The summed E-state index contributed by atoms with van der Waals surface area (Å²) in [7, 11) is 0. The van der Waals surface area contributed by atoms with Crippen molar-refractivity contribution < 1.29 is 9.53 Å². The fraction of sp³-hybridized carbons (Fsp3) is 0.556. The minimum Gasteiger partial charge on any atom is -0.462 e. The van der Waals surface area contributed by atoms with Crippen molar-refractivity contribution in [1.82, 2.24) is 15.1 Å². The van der Waals surface area contributed by atoms with E-state index in [1.54, 1.807) is 13.1 Å². The third kappa shape index (κ3) is 2.30. The SMILES string of the molecule is CCOC(=O)c1cnn2c1CNCC2.Cl. The molecular formula is C9H14ClN3O2. The van der Waals surface area contributed by atoms with Crippen LogP contribution in [-0.4, -0.2) is 28.9 Å². The Hall–Kier alpha value is -1.07. The van der Waals surface area contributed by atoms with Crippen LogP contribution in [0.4, 0.5) is 0 Å². The summed E-state index contributed by atoms with van der Waals surface area (Å²) in [6.45, 7) is 4.60. The highest BCUT2D eigenvalue weighted by atomic mass is 35.5. The van der Waals surface area contributed by atoms with E-state index in [2.05, 4.69) is 10.4 Å². The lowest BCUT2D eigenvalue weighted by atomic mass is 10.2. The van der Waals surface area contributed by atoms with Crippen LogP contribution in [-0.2, 0) is 17.8 Å². The predicted molar refractivity (Wildman–Crippen MR) is 57.1 cm³/mol. The molecular weight excluding hydrogens is 218 g/mol. The lowest BCUT2D eigenvalue weighted by molar-refractivity contribution is 0.0524. The molecule has 15 heavy (non-hydrogen) atoms. The van der Waals surface area contributed by atoms with Crippen LogP contribution in [0.3, 0.4) is 0 Å². The smallest absolute Gasteiger partial charge is 0.341 e. The van der Waals surface area contributed by atoms with Gasteiger partial charge in [-0.25, -0.2) is 4.79 Å². The van der Waals surface area contributed by atoms with Crippen molar-refractivity contribution in [3.05, 3.63) is 17.5 Å². The molecule has 1 aromatic rings. The first kappa shape index (κ1) is 12.0. The zero-order valence-electron chi connectivity index (χ0n) is 8.52. The van der Waals surface area contributed by atoms with Gasteiger partial charge in [-0.2, -0.15) is 5.10 Å². The first-order valence-electron chi connectivity index (χ1n) is 4.75. The second kappa shape index (κ2) is 5.14. The van der Waals surface area contributed by atoms with Crippen molar-refractivity contribution in [2.45, 2.75) is 20.0 Å². The molecule has 0 aliphatic carbocycles. The van der Waals surface area contributed by atoms with Gasteiger partial charge in [0, 0.05) is 13.1 Å². The number of rotatable bonds is 2. The van der Waals surface area contributed by atoms with Gasteiger partial charge in [-0.1, -0.05) is 0 Å². The Morgan fingerprint density at radius 1 is 1.73 bits per heavy atom. The lowest BCUT2D eigenvalue weighted by Crippen LogP contribution is -2.29. The summed E-state index contributed by atoms with van der Waals surface area (Å²) in [5, 5.41) is 7.33. The van der Waals surface area contributed by atoms with E-state index in [9.17, 15) is 4.79 Å². The summed E-state index contributed by atoms with van der Waals surface area (Å²) in [6, 6.07) is 0. The Morgan fingerprint density at radius 2 is 2.53 bits per heavy atom. The second-order valence-corrected chi connectivity index (χ2v) is 3.13. The van der Waals surface area contributed by atoms with E-state index in [0.29, 0.717) is 18.7 Å². The van der Waals surface area contributed by atoms with Gasteiger partial charge in [0.2, 0.25) is 0 Å². The van der Waals surface area contributed by atoms with E-state index < -0.39 is 0 Å². The van der Waals surface area contributed by atoms with Gasteiger partial charge < -0.3 is 10.1 Å².